The summed E-state index contributed by atoms with van der Waals surface area (Å²) in [4.78, 5) is 15.8. The summed E-state index contributed by atoms with van der Waals surface area (Å²) in [6.45, 7) is 4.55. The Labute approximate surface area is 136 Å². The Hall–Kier alpha value is -1.79. The number of nitrogens with zero attached hydrogens (tertiary/aromatic N) is 4. The number of hydrogen-bond acceptors (Lipinski definition) is 5. The highest BCUT2D eigenvalue weighted by atomic mass is 79.9. The first-order chi connectivity index (χ1) is 10.7. The average Bonchev–Trinajstić information content (AvgIpc) is 2.90. The molecule has 3 aromatic heterocycles. The van der Waals surface area contributed by atoms with Crippen molar-refractivity contribution in [1.29, 1.82) is 0 Å². The highest BCUT2D eigenvalue weighted by Crippen LogP contribution is 2.24. The third-order valence-electron chi connectivity index (χ3n) is 3.91. The van der Waals surface area contributed by atoms with E-state index in [2.05, 4.69) is 42.9 Å². The molecule has 5 nitrogen and oxygen atoms in total. The van der Waals surface area contributed by atoms with Crippen LogP contribution in [0.2, 0.25) is 0 Å². The molecule has 112 valence electrons. The van der Waals surface area contributed by atoms with Gasteiger partial charge >= 0.3 is 0 Å². The van der Waals surface area contributed by atoms with Gasteiger partial charge in [-0.05, 0) is 33.6 Å². The minimum atomic E-state index is 0.719. The summed E-state index contributed by atoms with van der Waals surface area (Å²) in [5.74, 6) is 0.719. The van der Waals surface area contributed by atoms with Gasteiger partial charge in [0, 0.05) is 54.7 Å². The molecule has 1 aliphatic rings. The summed E-state index contributed by atoms with van der Waals surface area (Å²) in [6, 6.07) is 4.27. The third-order valence-corrected chi connectivity index (χ3v) is 4.35. The number of halogens is 1. The number of aryl methyl sites for hydroxylation is 1. The lowest BCUT2D eigenvalue weighted by Crippen LogP contribution is -2.30. The Morgan fingerprint density at radius 2 is 2.23 bits per heavy atom. The van der Waals surface area contributed by atoms with Gasteiger partial charge in [0.2, 0.25) is 0 Å². The minimum Gasteiger partial charge on any atom is -0.449 e. The Balaban J connectivity index is 1.61. The molecule has 0 unspecified atom stereocenters. The molecule has 0 bridgehead atoms. The van der Waals surface area contributed by atoms with Crippen molar-refractivity contribution >= 4 is 27.0 Å². The van der Waals surface area contributed by atoms with Gasteiger partial charge in [-0.3, -0.25) is 4.90 Å². The van der Waals surface area contributed by atoms with Crippen molar-refractivity contribution in [3.8, 4) is 0 Å². The number of rotatable bonds is 2. The highest BCUT2D eigenvalue weighted by Gasteiger charge is 2.19. The Bertz CT molecular complexity index is 845. The molecule has 3 aromatic rings. The number of pyridine rings is 2. The summed E-state index contributed by atoms with van der Waals surface area (Å²) in [5.41, 5.74) is 4.25. The fourth-order valence-corrected chi connectivity index (χ4v) is 3.25. The van der Waals surface area contributed by atoms with Crippen molar-refractivity contribution < 1.29 is 4.42 Å². The molecular weight excluding hydrogens is 344 g/mol. The van der Waals surface area contributed by atoms with E-state index in [0.29, 0.717) is 0 Å². The lowest BCUT2D eigenvalue weighted by Gasteiger charge is -2.27. The molecule has 0 saturated heterocycles. The zero-order chi connectivity index (χ0) is 15.1. The standard InChI is InChI=1S/C16H15BrN4O/c1-10-19-14(9-22-10)8-21-3-2-15-12(7-21)4-11-5-13(17)6-18-16(11)20-15/h4-6,9H,2-3,7-8H2,1H3. The van der Waals surface area contributed by atoms with E-state index >= 15 is 0 Å². The summed E-state index contributed by atoms with van der Waals surface area (Å²) >= 11 is 3.47. The van der Waals surface area contributed by atoms with Gasteiger partial charge in [-0.1, -0.05) is 0 Å². The maximum Gasteiger partial charge on any atom is 0.191 e. The first-order valence-corrected chi connectivity index (χ1v) is 8.04. The summed E-state index contributed by atoms with van der Waals surface area (Å²) in [6.07, 6.45) is 4.48. The molecule has 0 N–H and O–H groups in total. The number of hydrogen-bond donors (Lipinski definition) is 0. The van der Waals surface area contributed by atoms with E-state index in [9.17, 15) is 0 Å². The lowest BCUT2D eigenvalue weighted by atomic mass is 10.0. The fraction of sp³-hybridized carbons (Fsp3) is 0.312. The molecule has 4 heterocycles. The minimum absolute atomic E-state index is 0.719. The summed E-state index contributed by atoms with van der Waals surface area (Å²) in [5, 5.41) is 1.08. The Kier molecular flexibility index (Phi) is 3.43. The van der Waals surface area contributed by atoms with Crippen LogP contribution >= 0.6 is 15.9 Å². The van der Waals surface area contributed by atoms with Crippen LogP contribution in [0.3, 0.4) is 0 Å². The van der Waals surface area contributed by atoms with Gasteiger partial charge in [0.25, 0.3) is 0 Å². The van der Waals surface area contributed by atoms with E-state index in [4.69, 9.17) is 9.40 Å². The van der Waals surface area contributed by atoms with Crippen LogP contribution in [0.5, 0.6) is 0 Å². The van der Waals surface area contributed by atoms with Crippen molar-refractivity contribution in [2.45, 2.75) is 26.4 Å². The molecule has 0 radical (unpaired) electrons. The van der Waals surface area contributed by atoms with E-state index in [-0.39, 0.29) is 0 Å². The molecule has 22 heavy (non-hydrogen) atoms. The fourth-order valence-electron chi connectivity index (χ4n) is 2.90. The number of aromatic nitrogens is 3. The van der Waals surface area contributed by atoms with Crippen molar-refractivity contribution in [3.05, 3.63) is 51.9 Å². The second kappa shape index (κ2) is 5.44. The van der Waals surface area contributed by atoms with Gasteiger partial charge in [-0.15, -0.1) is 0 Å². The second-order valence-electron chi connectivity index (χ2n) is 5.61. The predicted octanol–water partition coefficient (Wildman–Crippen LogP) is 3.25. The first-order valence-electron chi connectivity index (χ1n) is 7.25. The largest absolute Gasteiger partial charge is 0.449 e. The molecule has 6 heteroatoms. The zero-order valence-corrected chi connectivity index (χ0v) is 13.8. The first kappa shape index (κ1) is 13.8. The maximum atomic E-state index is 5.28. The number of oxazole rings is 1. The Morgan fingerprint density at radius 1 is 1.32 bits per heavy atom. The topological polar surface area (TPSA) is 55.1 Å². The van der Waals surface area contributed by atoms with E-state index in [1.54, 1.807) is 12.5 Å². The highest BCUT2D eigenvalue weighted by molar-refractivity contribution is 9.10. The van der Waals surface area contributed by atoms with Crippen LogP contribution in [-0.4, -0.2) is 26.4 Å². The second-order valence-corrected chi connectivity index (χ2v) is 6.53. The van der Waals surface area contributed by atoms with Crippen LogP contribution in [0.15, 0.2) is 33.5 Å². The summed E-state index contributed by atoms with van der Waals surface area (Å²) in [7, 11) is 0. The van der Waals surface area contributed by atoms with Crippen LogP contribution in [0.4, 0.5) is 0 Å². The SMILES string of the molecule is Cc1nc(CN2CCc3nc4ncc(Br)cc4cc3C2)co1. The van der Waals surface area contributed by atoms with Gasteiger partial charge in [-0.2, -0.15) is 0 Å². The van der Waals surface area contributed by atoms with Crippen LogP contribution in [0.25, 0.3) is 11.0 Å². The van der Waals surface area contributed by atoms with Gasteiger partial charge < -0.3 is 4.42 Å². The monoisotopic (exact) mass is 358 g/mol. The van der Waals surface area contributed by atoms with Gasteiger partial charge in [0.15, 0.2) is 11.5 Å². The predicted molar refractivity (Wildman–Crippen MR) is 86.3 cm³/mol. The Morgan fingerprint density at radius 3 is 3.05 bits per heavy atom. The van der Waals surface area contributed by atoms with Crippen LogP contribution < -0.4 is 0 Å². The van der Waals surface area contributed by atoms with Gasteiger partial charge in [0.1, 0.15) is 6.26 Å². The van der Waals surface area contributed by atoms with E-state index in [0.717, 1.165) is 58.8 Å². The van der Waals surface area contributed by atoms with Gasteiger partial charge in [0.05, 0.1) is 5.69 Å². The average molecular weight is 359 g/mol. The van der Waals surface area contributed by atoms with Gasteiger partial charge in [-0.25, -0.2) is 15.0 Å². The van der Waals surface area contributed by atoms with Crippen LogP contribution in [0.1, 0.15) is 22.8 Å². The van der Waals surface area contributed by atoms with E-state index < -0.39 is 0 Å². The maximum absolute atomic E-state index is 5.28. The molecule has 0 fully saturated rings. The molecule has 0 aromatic carbocycles. The third kappa shape index (κ3) is 2.64. The van der Waals surface area contributed by atoms with Crippen LogP contribution in [0, 0.1) is 6.92 Å². The van der Waals surface area contributed by atoms with Crippen LogP contribution in [-0.2, 0) is 19.5 Å². The van der Waals surface area contributed by atoms with Crippen molar-refractivity contribution in [2.24, 2.45) is 0 Å². The lowest BCUT2D eigenvalue weighted by molar-refractivity contribution is 0.241. The normalized spacial score (nSPS) is 15.2. The molecule has 0 amide bonds. The van der Waals surface area contributed by atoms with E-state index in [1.807, 2.05) is 6.92 Å². The molecule has 0 saturated carbocycles. The van der Waals surface area contributed by atoms with Crippen molar-refractivity contribution in [1.82, 2.24) is 19.9 Å². The molecule has 0 spiro atoms. The molecule has 0 aliphatic carbocycles. The van der Waals surface area contributed by atoms with E-state index in [1.165, 1.54) is 5.56 Å². The molecule has 1 aliphatic heterocycles. The van der Waals surface area contributed by atoms with Crippen molar-refractivity contribution in [3.63, 3.8) is 0 Å². The quantitative estimate of drug-likeness (QED) is 0.703. The molecular formula is C16H15BrN4O. The summed E-state index contributed by atoms with van der Waals surface area (Å²) < 4.78 is 6.26. The zero-order valence-electron chi connectivity index (χ0n) is 12.2. The smallest absolute Gasteiger partial charge is 0.191 e. The number of fused-ring (bicyclic) bond motifs is 2. The molecule has 4 rings (SSSR count). The molecule has 0 atom stereocenters. The van der Waals surface area contributed by atoms with Crippen molar-refractivity contribution in [2.75, 3.05) is 6.54 Å².